The molecule has 0 saturated carbocycles. The van der Waals surface area contributed by atoms with Crippen LogP contribution in [0.2, 0.25) is 0 Å². The highest BCUT2D eigenvalue weighted by atomic mass is 32.1. The molecule has 1 aliphatic heterocycles. The Hall–Kier alpha value is -0.930. The van der Waals surface area contributed by atoms with Crippen molar-refractivity contribution in [1.29, 1.82) is 0 Å². The number of hydrogen-bond acceptors (Lipinski definition) is 2. The average Bonchev–Trinajstić information content (AvgIpc) is 2.76. The number of nitrogens with zero attached hydrogens (tertiary/aromatic N) is 2. The Morgan fingerprint density at radius 2 is 2.00 bits per heavy atom. The van der Waals surface area contributed by atoms with Crippen LogP contribution in [0.5, 0.6) is 0 Å². The van der Waals surface area contributed by atoms with E-state index in [2.05, 4.69) is 37.2 Å². The third-order valence-electron chi connectivity index (χ3n) is 4.40. The zero-order valence-corrected chi connectivity index (χ0v) is 12.8. The first kappa shape index (κ1) is 13.1. The quantitative estimate of drug-likeness (QED) is 0.777. The van der Waals surface area contributed by atoms with E-state index >= 15 is 0 Å². The van der Waals surface area contributed by atoms with Gasteiger partial charge in [-0.3, -0.25) is 0 Å². The maximum Gasteiger partial charge on any atom is 0.0907 e. The summed E-state index contributed by atoms with van der Waals surface area (Å²) in [6, 6.07) is 6.82. The molecule has 3 heteroatoms. The van der Waals surface area contributed by atoms with Crippen molar-refractivity contribution in [3.05, 3.63) is 28.8 Å². The van der Waals surface area contributed by atoms with Crippen LogP contribution in [0.1, 0.15) is 29.8 Å². The van der Waals surface area contributed by atoms with Crippen molar-refractivity contribution in [1.82, 2.24) is 4.98 Å². The summed E-state index contributed by atoms with van der Waals surface area (Å²) < 4.78 is 2.58. The second-order valence-corrected chi connectivity index (χ2v) is 7.37. The van der Waals surface area contributed by atoms with E-state index in [4.69, 9.17) is 0 Å². The summed E-state index contributed by atoms with van der Waals surface area (Å²) in [6.45, 7) is 6.08. The molecule has 1 fully saturated rings. The largest absolute Gasteiger partial charge is 0.326 e. The molecule has 0 unspecified atom stereocenters. The third kappa shape index (κ3) is 2.98. The number of piperidine rings is 1. The highest BCUT2D eigenvalue weighted by Gasteiger charge is 2.24. The molecular formula is C16H23N2S+. The second kappa shape index (κ2) is 5.22. The fourth-order valence-electron chi connectivity index (χ4n) is 3.14. The van der Waals surface area contributed by atoms with Crippen LogP contribution in [0.25, 0.3) is 10.2 Å². The molecule has 0 spiro atoms. The highest BCUT2D eigenvalue weighted by Crippen LogP contribution is 2.23. The zero-order chi connectivity index (χ0) is 13.3. The van der Waals surface area contributed by atoms with Crippen molar-refractivity contribution in [3.63, 3.8) is 0 Å². The summed E-state index contributed by atoms with van der Waals surface area (Å²) in [6.07, 6.45) is 5.42. The van der Waals surface area contributed by atoms with E-state index in [1.807, 2.05) is 0 Å². The predicted molar refractivity (Wildman–Crippen MR) is 82.7 cm³/mol. The predicted octanol–water partition coefficient (Wildman–Crippen LogP) is 3.78. The summed E-state index contributed by atoms with van der Waals surface area (Å²) >= 11 is 1.79. The molecule has 19 heavy (non-hydrogen) atoms. The Bertz CT molecular complexity index is 567. The number of rotatable bonds is 3. The number of likely N-dealkylation sites (tertiary alicyclic amines) is 1. The van der Waals surface area contributed by atoms with E-state index in [0.717, 1.165) is 0 Å². The average molecular weight is 275 g/mol. The van der Waals surface area contributed by atoms with Crippen LogP contribution in [0.4, 0.5) is 0 Å². The van der Waals surface area contributed by atoms with E-state index in [1.54, 1.807) is 11.3 Å². The van der Waals surface area contributed by atoms with E-state index in [9.17, 15) is 0 Å². The van der Waals surface area contributed by atoms with Crippen LogP contribution in [-0.4, -0.2) is 36.1 Å². The van der Waals surface area contributed by atoms with Gasteiger partial charge in [0.25, 0.3) is 0 Å². The number of hydrogen-bond donors (Lipinski definition) is 0. The van der Waals surface area contributed by atoms with Gasteiger partial charge in [-0.15, -0.1) is 11.3 Å². The van der Waals surface area contributed by atoms with Crippen molar-refractivity contribution in [3.8, 4) is 0 Å². The summed E-state index contributed by atoms with van der Waals surface area (Å²) in [5, 5.41) is 1.17. The molecule has 0 bridgehead atoms. The maximum atomic E-state index is 4.60. The smallest absolute Gasteiger partial charge is 0.0907 e. The van der Waals surface area contributed by atoms with Crippen molar-refractivity contribution in [2.75, 3.05) is 26.7 Å². The lowest BCUT2D eigenvalue weighted by atomic mass is 10.1. The number of thiazole rings is 1. The Morgan fingerprint density at radius 1 is 1.21 bits per heavy atom. The van der Waals surface area contributed by atoms with Crippen LogP contribution in [0.15, 0.2) is 18.2 Å². The van der Waals surface area contributed by atoms with Crippen molar-refractivity contribution in [2.45, 2.75) is 32.6 Å². The molecule has 1 aromatic carbocycles. The van der Waals surface area contributed by atoms with Gasteiger partial charge < -0.3 is 4.48 Å². The molecule has 0 amide bonds. The number of fused-ring (bicyclic) bond motifs is 1. The molecule has 3 rings (SSSR count). The molecule has 1 aliphatic rings. The highest BCUT2D eigenvalue weighted by molar-refractivity contribution is 7.18. The van der Waals surface area contributed by atoms with E-state index in [1.165, 1.54) is 70.6 Å². The Labute approximate surface area is 119 Å². The fourth-order valence-corrected chi connectivity index (χ4v) is 3.95. The van der Waals surface area contributed by atoms with Gasteiger partial charge in [0.1, 0.15) is 0 Å². The fraction of sp³-hybridized carbons (Fsp3) is 0.562. The molecule has 2 aromatic rings. The zero-order valence-electron chi connectivity index (χ0n) is 12.0. The molecule has 2 heterocycles. The number of quaternary nitrogens is 1. The minimum absolute atomic E-state index is 1.17. The lowest BCUT2D eigenvalue weighted by Gasteiger charge is -2.37. The molecule has 0 radical (unpaired) electrons. The van der Waals surface area contributed by atoms with Gasteiger partial charge in [-0.1, -0.05) is 6.07 Å². The summed E-state index contributed by atoms with van der Waals surface area (Å²) in [7, 11) is 2.42. The monoisotopic (exact) mass is 275 g/mol. The molecule has 102 valence electrons. The lowest BCUT2D eigenvalue weighted by molar-refractivity contribution is -0.913. The first-order valence-corrected chi connectivity index (χ1v) is 8.16. The SMILES string of the molecule is Cc1nc2cc(CC[N+]3(C)CCCCC3)ccc2s1. The van der Waals surface area contributed by atoms with Gasteiger partial charge >= 0.3 is 0 Å². The van der Waals surface area contributed by atoms with Crippen molar-refractivity contribution < 1.29 is 4.48 Å². The molecule has 2 nitrogen and oxygen atoms in total. The van der Waals surface area contributed by atoms with Crippen molar-refractivity contribution >= 4 is 21.6 Å². The van der Waals surface area contributed by atoms with Crippen LogP contribution >= 0.6 is 11.3 Å². The van der Waals surface area contributed by atoms with Crippen LogP contribution in [-0.2, 0) is 6.42 Å². The Balaban J connectivity index is 1.70. The summed E-state index contributed by atoms with van der Waals surface area (Å²) in [5.41, 5.74) is 2.63. The normalized spacial score (nSPS) is 18.8. The van der Waals surface area contributed by atoms with Crippen molar-refractivity contribution in [2.24, 2.45) is 0 Å². The standard InChI is InChI=1S/C16H23N2S/c1-13-17-15-12-14(6-7-16(15)19-13)8-11-18(2)9-4-3-5-10-18/h6-7,12H,3-5,8-11H2,1-2H3/q+1. The minimum atomic E-state index is 1.17. The number of benzene rings is 1. The first-order valence-electron chi connectivity index (χ1n) is 7.34. The molecule has 0 atom stereocenters. The number of aromatic nitrogens is 1. The van der Waals surface area contributed by atoms with E-state index in [-0.39, 0.29) is 0 Å². The van der Waals surface area contributed by atoms with E-state index in [0.29, 0.717) is 0 Å². The molecular weight excluding hydrogens is 252 g/mol. The number of likely N-dealkylation sites (N-methyl/N-ethyl adjacent to an activating group) is 1. The van der Waals surface area contributed by atoms with Gasteiger partial charge in [0.05, 0.1) is 41.9 Å². The maximum absolute atomic E-state index is 4.60. The third-order valence-corrected chi connectivity index (χ3v) is 5.35. The molecule has 1 aromatic heterocycles. The second-order valence-electron chi connectivity index (χ2n) is 6.14. The van der Waals surface area contributed by atoms with Crippen LogP contribution in [0, 0.1) is 6.92 Å². The van der Waals surface area contributed by atoms with Gasteiger partial charge in [-0.25, -0.2) is 4.98 Å². The Morgan fingerprint density at radius 3 is 2.79 bits per heavy atom. The van der Waals surface area contributed by atoms with Crippen LogP contribution in [0.3, 0.4) is 0 Å². The van der Waals surface area contributed by atoms with Gasteiger partial charge in [0.2, 0.25) is 0 Å². The lowest BCUT2D eigenvalue weighted by Crippen LogP contribution is -2.49. The Kier molecular flexibility index (Phi) is 3.59. The molecule has 0 N–H and O–H groups in total. The molecule has 0 aliphatic carbocycles. The summed E-state index contributed by atoms with van der Waals surface area (Å²) in [4.78, 5) is 4.60. The molecule has 1 saturated heterocycles. The van der Waals surface area contributed by atoms with Crippen LogP contribution < -0.4 is 0 Å². The van der Waals surface area contributed by atoms with Gasteiger partial charge in [0, 0.05) is 6.42 Å². The first-order chi connectivity index (χ1) is 9.15. The van der Waals surface area contributed by atoms with Gasteiger partial charge in [-0.05, 0) is 43.9 Å². The van der Waals surface area contributed by atoms with E-state index < -0.39 is 0 Å². The van der Waals surface area contributed by atoms with Gasteiger partial charge in [-0.2, -0.15) is 0 Å². The summed E-state index contributed by atoms with van der Waals surface area (Å²) in [5.74, 6) is 0. The van der Waals surface area contributed by atoms with Gasteiger partial charge in [0.15, 0.2) is 0 Å². The topological polar surface area (TPSA) is 12.9 Å². The number of aryl methyl sites for hydroxylation is 1. The minimum Gasteiger partial charge on any atom is -0.326 e.